The van der Waals surface area contributed by atoms with E-state index in [-0.39, 0.29) is 0 Å². The van der Waals surface area contributed by atoms with Gasteiger partial charge in [0.15, 0.2) is 0 Å². The van der Waals surface area contributed by atoms with E-state index < -0.39 is 23.2 Å². The van der Waals surface area contributed by atoms with Crippen LogP contribution in [0.15, 0.2) is 47.4 Å². The summed E-state index contributed by atoms with van der Waals surface area (Å²) in [6.45, 7) is 0. The molecule has 0 spiro atoms. The van der Waals surface area contributed by atoms with Gasteiger partial charge in [0.2, 0.25) is 0 Å². The Balaban J connectivity index is 1.67. The Hall–Kier alpha value is -2.81. The van der Waals surface area contributed by atoms with Gasteiger partial charge in [-0.05, 0) is 59.7 Å². The van der Waals surface area contributed by atoms with Crippen LogP contribution in [-0.2, 0) is 20.7 Å². The summed E-state index contributed by atoms with van der Waals surface area (Å²) in [5, 5.41) is 2.15. The summed E-state index contributed by atoms with van der Waals surface area (Å²) in [4.78, 5) is 34.6. The number of nitrogens with two attached hydrogens (primary N) is 1. The van der Waals surface area contributed by atoms with E-state index in [1.54, 1.807) is 48.5 Å². The largest absolute Gasteiger partial charge is 0.468 e. The molecule has 0 radical (unpaired) electrons. The number of hydrogen-bond donors (Lipinski definition) is 2. The van der Waals surface area contributed by atoms with Crippen LogP contribution in [0.5, 0.6) is 11.5 Å². The maximum Gasteiger partial charge on any atom is 0.322 e. The molecule has 3 N–H and O–H groups in total. The molecular weight excluding hydrogens is 416 g/mol. The number of methoxy groups -OCH3 is 1. The number of carbonyl (C=O) groups is 3. The van der Waals surface area contributed by atoms with Gasteiger partial charge in [0, 0.05) is 0 Å². The minimum absolute atomic E-state index is 0.306. The number of hydrogen-bond acceptors (Lipinski definition) is 7. The van der Waals surface area contributed by atoms with Crippen molar-refractivity contribution in [3.8, 4) is 11.5 Å². The van der Waals surface area contributed by atoms with Crippen LogP contribution in [0.25, 0.3) is 6.08 Å². The molecule has 0 aromatic heterocycles. The first kappa shape index (κ1) is 20.9. The van der Waals surface area contributed by atoms with Crippen molar-refractivity contribution in [2.75, 3.05) is 7.11 Å². The minimum atomic E-state index is -0.724. The van der Waals surface area contributed by atoms with E-state index in [4.69, 9.17) is 22.1 Å². The number of halogens is 1. The number of amides is 2. The van der Waals surface area contributed by atoms with Crippen LogP contribution in [0.4, 0.5) is 4.79 Å². The van der Waals surface area contributed by atoms with Crippen molar-refractivity contribution < 1.29 is 23.9 Å². The summed E-state index contributed by atoms with van der Waals surface area (Å²) in [5.74, 6) is 0.102. The van der Waals surface area contributed by atoms with Gasteiger partial charge in [-0.15, -0.1) is 0 Å². The minimum Gasteiger partial charge on any atom is -0.468 e. The lowest BCUT2D eigenvalue weighted by Gasteiger charge is -2.11. The van der Waals surface area contributed by atoms with Gasteiger partial charge in [-0.3, -0.25) is 19.7 Å². The number of rotatable bonds is 6. The Morgan fingerprint density at radius 3 is 2.55 bits per heavy atom. The van der Waals surface area contributed by atoms with Crippen molar-refractivity contribution in [2.45, 2.75) is 12.5 Å². The van der Waals surface area contributed by atoms with Gasteiger partial charge in [0.1, 0.15) is 17.5 Å². The van der Waals surface area contributed by atoms with Crippen molar-refractivity contribution in [3.05, 3.63) is 63.5 Å². The van der Waals surface area contributed by atoms with Crippen molar-refractivity contribution in [3.63, 3.8) is 0 Å². The molecule has 2 aromatic rings. The van der Waals surface area contributed by atoms with Crippen LogP contribution in [0.1, 0.15) is 11.1 Å². The molecule has 1 heterocycles. The molecule has 150 valence electrons. The Morgan fingerprint density at radius 1 is 1.24 bits per heavy atom. The zero-order valence-corrected chi connectivity index (χ0v) is 16.9. The lowest BCUT2D eigenvalue weighted by Crippen LogP contribution is -2.33. The highest BCUT2D eigenvalue weighted by molar-refractivity contribution is 8.18. The maximum absolute atomic E-state index is 11.6. The molecule has 0 saturated carbocycles. The van der Waals surface area contributed by atoms with Crippen molar-refractivity contribution in [1.29, 1.82) is 0 Å². The lowest BCUT2D eigenvalue weighted by atomic mass is 10.1. The fourth-order valence-electron chi connectivity index (χ4n) is 2.57. The maximum atomic E-state index is 11.6. The number of thioether (sulfide) groups is 1. The van der Waals surface area contributed by atoms with E-state index in [2.05, 4.69) is 10.1 Å². The van der Waals surface area contributed by atoms with Crippen LogP contribution < -0.4 is 15.8 Å². The van der Waals surface area contributed by atoms with Gasteiger partial charge in [0.25, 0.3) is 11.1 Å². The van der Waals surface area contributed by atoms with Crippen LogP contribution in [0, 0.1) is 0 Å². The van der Waals surface area contributed by atoms with Crippen molar-refractivity contribution >= 4 is 46.6 Å². The SMILES string of the molecule is COC(=O)[C@@H](N)Cc1ccc(Oc2ccc(/C=C3/SC(=O)NC3=O)cc2Cl)cc1. The summed E-state index contributed by atoms with van der Waals surface area (Å²) in [6, 6.07) is 11.4. The van der Waals surface area contributed by atoms with Gasteiger partial charge >= 0.3 is 5.97 Å². The molecule has 3 rings (SSSR count). The molecule has 1 fully saturated rings. The molecule has 29 heavy (non-hydrogen) atoms. The third-order valence-corrected chi connectivity index (χ3v) is 5.11. The number of benzene rings is 2. The summed E-state index contributed by atoms with van der Waals surface area (Å²) >= 11 is 7.12. The molecule has 7 nitrogen and oxygen atoms in total. The zero-order chi connectivity index (χ0) is 21.0. The number of carbonyl (C=O) groups excluding carboxylic acids is 3. The third kappa shape index (κ3) is 5.38. The quantitative estimate of drug-likeness (QED) is 0.531. The molecule has 0 unspecified atom stereocenters. The summed E-state index contributed by atoms with van der Waals surface area (Å²) in [7, 11) is 1.30. The Bertz CT molecular complexity index is 991. The Morgan fingerprint density at radius 2 is 1.97 bits per heavy atom. The molecule has 1 aliphatic rings. The second-order valence-corrected chi connectivity index (χ2v) is 7.54. The smallest absolute Gasteiger partial charge is 0.322 e. The molecule has 0 bridgehead atoms. The molecular formula is C20H17ClN2O5S. The summed E-state index contributed by atoms with van der Waals surface area (Å²) < 4.78 is 10.4. The van der Waals surface area contributed by atoms with Gasteiger partial charge < -0.3 is 15.2 Å². The average Bonchev–Trinajstić information content (AvgIpc) is 3.01. The van der Waals surface area contributed by atoms with Gasteiger partial charge in [-0.2, -0.15) is 0 Å². The zero-order valence-electron chi connectivity index (χ0n) is 15.3. The summed E-state index contributed by atoms with van der Waals surface area (Å²) in [5.41, 5.74) is 7.29. The van der Waals surface area contributed by atoms with Gasteiger partial charge in [0.05, 0.1) is 17.0 Å². The first-order valence-electron chi connectivity index (χ1n) is 8.50. The fourth-order valence-corrected chi connectivity index (χ4v) is 3.48. The molecule has 2 amide bonds. The lowest BCUT2D eigenvalue weighted by molar-refractivity contribution is -0.142. The van der Waals surface area contributed by atoms with Crippen LogP contribution >= 0.6 is 23.4 Å². The van der Waals surface area contributed by atoms with Gasteiger partial charge in [-0.1, -0.05) is 29.8 Å². The standard InChI is InChI=1S/C20H17ClN2O5S/c1-27-19(25)15(22)9-11-2-5-13(6-3-11)28-16-7-4-12(8-14(16)21)10-17-18(24)23-20(26)29-17/h2-8,10,15H,9,22H2,1H3,(H,23,24,26)/b17-10+/t15-/m0/s1. The van der Waals surface area contributed by atoms with Crippen LogP contribution in [0.2, 0.25) is 5.02 Å². The Kier molecular flexibility index (Phi) is 6.58. The van der Waals surface area contributed by atoms with Gasteiger partial charge in [-0.25, -0.2) is 0 Å². The second-order valence-electron chi connectivity index (χ2n) is 6.12. The fraction of sp³-hybridized carbons (Fsp3) is 0.150. The number of esters is 1. The molecule has 2 aromatic carbocycles. The van der Waals surface area contributed by atoms with Crippen LogP contribution in [-0.4, -0.2) is 30.3 Å². The first-order valence-corrected chi connectivity index (χ1v) is 9.70. The predicted octanol–water partition coefficient (Wildman–Crippen LogP) is 3.50. The van der Waals surface area contributed by atoms with E-state index in [0.717, 1.165) is 17.3 Å². The summed E-state index contributed by atoms with van der Waals surface area (Å²) in [6.07, 6.45) is 1.94. The topological polar surface area (TPSA) is 108 Å². The number of ether oxygens (including phenoxy) is 2. The van der Waals surface area contributed by atoms with Crippen LogP contribution in [0.3, 0.4) is 0 Å². The first-order chi connectivity index (χ1) is 13.9. The average molecular weight is 433 g/mol. The second kappa shape index (κ2) is 9.13. The van der Waals surface area contributed by atoms with E-state index >= 15 is 0 Å². The molecule has 0 aliphatic carbocycles. The highest BCUT2D eigenvalue weighted by Crippen LogP contribution is 2.32. The monoisotopic (exact) mass is 432 g/mol. The van der Waals surface area contributed by atoms with E-state index in [9.17, 15) is 14.4 Å². The van der Waals surface area contributed by atoms with E-state index in [1.807, 2.05) is 0 Å². The highest BCUT2D eigenvalue weighted by atomic mass is 35.5. The molecule has 1 saturated heterocycles. The van der Waals surface area contributed by atoms with Crippen molar-refractivity contribution in [1.82, 2.24) is 5.32 Å². The normalized spacial score (nSPS) is 15.9. The third-order valence-electron chi connectivity index (χ3n) is 4.01. The molecule has 1 aliphatic heterocycles. The van der Waals surface area contributed by atoms with Crippen molar-refractivity contribution in [2.24, 2.45) is 5.73 Å². The molecule has 1 atom stereocenters. The van der Waals surface area contributed by atoms with E-state index in [0.29, 0.717) is 33.4 Å². The Labute approximate surface area is 176 Å². The highest BCUT2D eigenvalue weighted by Gasteiger charge is 2.25. The van der Waals surface area contributed by atoms with E-state index in [1.165, 1.54) is 7.11 Å². The predicted molar refractivity (Wildman–Crippen MR) is 111 cm³/mol. The molecule has 9 heteroatoms. The number of nitrogens with one attached hydrogen (secondary N) is 1. The number of imide groups is 1.